The monoisotopic (exact) mass is 466 g/mol. The number of benzene rings is 3. The number of nitrogens with zero attached hydrogens (tertiary/aromatic N) is 1. The molecular formula is C25H20ClFN2O4. The summed E-state index contributed by atoms with van der Waals surface area (Å²) < 4.78 is 24.6. The number of hydrogen-bond donors (Lipinski definition) is 1. The van der Waals surface area contributed by atoms with Crippen molar-refractivity contribution in [2.75, 3.05) is 11.5 Å². The van der Waals surface area contributed by atoms with Crippen LogP contribution in [0.5, 0.6) is 11.5 Å². The highest BCUT2D eigenvalue weighted by Gasteiger charge is 2.34. The zero-order valence-electron chi connectivity index (χ0n) is 17.7. The lowest BCUT2D eigenvalue weighted by Crippen LogP contribution is -2.30. The maximum absolute atomic E-state index is 13.1. The Morgan fingerprint density at radius 3 is 2.45 bits per heavy atom. The second-order valence-electron chi connectivity index (χ2n) is 7.14. The average Bonchev–Trinajstić information content (AvgIpc) is 3.08. The SMILES string of the molecule is CCOc1cc(/C=C2/NC(=O)N(c3ccccc3)C2=O)cc(Cl)c1OCc1ccc(F)cc1. The number of carbonyl (C=O) groups excluding carboxylic acids is 2. The molecule has 1 aliphatic rings. The molecule has 8 heteroatoms. The fourth-order valence-corrected chi connectivity index (χ4v) is 3.60. The minimum Gasteiger partial charge on any atom is -0.490 e. The summed E-state index contributed by atoms with van der Waals surface area (Å²) in [5.41, 5.74) is 1.90. The summed E-state index contributed by atoms with van der Waals surface area (Å²) in [6.45, 7) is 2.35. The first-order valence-corrected chi connectivity index (χ1v) is 10.6. The van der Waals surface area contributed by atoms with Gasteiger partial charge in [0, 0.05) is 0 Å². The summed E-state index contributed by atoms with van der Waals surface area (Å²) in [6, 6.07) is 17.3. The topological polar surface area (TPSA) is 67.9 Å². The van der Waals surface area contributed by atoms with E-state index in [0.717, 1.165) is 10.5 Å². The third-order valence-corrected chi connectivity index (χ3v) is 5.11. The van der Waals surface area contributed by atoms with Crippen LogP contribution < -0.4 is 19.7 Å². The van der Waals surface area contributed by atoms with Gasteiger partial charge in [0.25, 0.3) is 5.91 Å². The summed E-state index contributed by atoms with van der Waals surface area (Å²) >= 11 is 6.46. The molecule has 3 amide bonds. The zero-order chi connectivity index (χ0) is 23.4. The Balaban J connectivity index is 1.59. The van der Waals surface area contributed by atoms with Crippen molar-refractivity contribution >= 4 is 35.3 Å². The first kappa shape index (κ1) is 22.4. The van der Waals surface area contributed by atoms with Gasteiger partial charge in [-0.1, -0.05) is 41.9 Å². The first-order valence-electron chi connectivity index (χ1n) is 10.2. The molecule has 0 unspecified atom stereocenters. The van der Waals surface area contributed by atoms with Gasteiger partial charge < -0.3 is 14.8 Å². The number of carbonyl (C=O) groups is 2. The maximum atomic E-state index is 13.1. The van der Waals surface area contributed by atoms with Crippen LogP contribution in [0.4, 0.5) is 14.9 Å². The van der Waals surface area contributed by atoms with Crippen molar-refractivity contribution in [1.29, 1.82) is 0 Å². The molecule has 0 saturated carbocycles. The maximum Gasteiger partial charge on any atom is 0.333 e. The lowest BCUT2D eigenvalue weighted by molar-refractivity contribution is -0.113. The Bertz CT molecular complexity index is 1210. The molecule has 6 nitrogen and oxygen atoms in total. The number of para-hydroxylation sites is 1. The van der Waals surface area contributed by atoms with Gasteiger partial charge in [0.1, 0.15) is 18.1 Å². The number of nitrogens with one attached hydrogen (secondary N) is 1. The zero-order valence-corrected chi connectivity index (χ0v) is 18.4. The van der Waals surface area contributed by atoms with Crippen LogP contribution in [0.1, 0.15) is 18.1 Å². The number of anilines is 1. The van der Waals surface area contributed by atoms with E-state index in [9.17, 15) is 14.0 Å². The standard InChI is InChI=1S/C25H20ClFN2O4/c1-2-32-22-14-17(12-20(26)23(22)33-15-16-8-10-18(27)11-9-16)13-21-24(30)29(25(31)28-21)19-6-4-3-5-7-19/h3-14H,2,15H2,1H3,(H,28,31)/b21-13+. The number of urea groups is 1. The minimum atomic E-state index is -0.534. The number of hydrogen-bond acceptors (Lipinski definition) is 4. The molecule has 1 saturated heterocycles. The van der Waals surface area contributed by atoms with Crippen LogP contribution in [-0.2, 0) is 11.4 Å². The molecule has 3 aromatic carbocycles. The largest absolute Gasteiger partial charge is 0.490 e. The van der Waals surface area contributed by atoms with E-state index in [4.69, 9.17) is 21.1 Å². The van der Waals surface area contributed by atoms with E-state index in [1.165, 1.54) is 18.2 Å². The Morgan fingerprint density at radius 1 is 1.03 bits per heavy atom. The predicted molar refractivity (Wildman–Crippen MR) is 124 cm³/mol. The van der Waals surface area contributed by atoms with Crippen LogP contribution in [-0.4, -0.2) is 18.5 Å². The quantitative estimate of drug-likeness (QED) is 0.366. The molecule has 168 valence electrons. The fourth-order valence-electron chi connectivity index (χ4n) is 3.32. The molecule has 33 heavy (non-hydrogen) atoms. The summed E-state index contributed by atoms with van der Waals surface area (Å²) in [5, 5.41) is 2.86. The second kappa shape index (κ2) is 9.75. The molecular weight excluding hydrogens is 447 g/mol. The van der Waals surface area contributed by atoms with Gasteiger partial charge in [-0.05, 0) is 60.5 Å². The van der Waals surface area contributed by atoms with E-state index < -0.39 is 11.9 Å². The molecule has 1 aliphatic heterocycles. The van der Waals surface area contributed by atoms with Crippen LogP contribution in [0.2, 0.25) is 5.02 Å². The van der Waals surface area contributed by atoms with Crippen molar-refractivity contribution in [2.24, 2.45) is 0 Å². The summed E-state index contributed by atoms with van der Waals surface area (Å²) in [6.07, 6.45) is 1.53. The van der Waals surface area contributed by atoms with Crippen LogP contribution in [0, 0.1) is 5.82 Å². The van der Waals surface area contributed by atoms with Crippen molar-refractivity contribution in [3.05, 3.63) is 94.4 Å². The highest BCUT2D eigenvalue weighted by molar-refractivity contribution is 6.32. The molecule has 0 spiro atoms. The highest BCUT2D eigenvalue weighted by atomic mass is 35.5. The van der Waals surface area contributed by atoms with Crippen LogP contribution >= 0.6 is 11.6 Å². The third-order valence-electron chi connectivity index (χ3n) is 4.83. The average molecular weight is 467 g/mol. The van der Waals surface area contributed by atoms with E-state index in [1.54, 1.807) is 54.6 Å². The molecule has 0 radical (unpaired) electrons. The summed E-state index contributed by atoms with van der Waals surface area (Å²) in [5.74, 6) is -0.0891. The predicted octanol–water partition coefficient (Wildman–Crippen LogP) is 5.55. The lowest BCUT2D eigenvalue weighted by atomic mass is 10.1. The fraction of sp³-hybridized carbons (Fsp3) is 0.120. The van der Waals surface area contributed by atoms with E-state index in [-0.39, 0.29) is 23.1 Å². The molecule has 1 heterocycles. The smallest absolute Gasteiger partial charge is 0.333 e. The van der Waals surface area contributed by atoms with Gasteiger partial charge in [-0.2, -0.15) is 0 Å². The number of halogens is 2. The molecule has 0 bridgehead atoms. The number of imide groups is 1. The van der Waals surface area contributed by atoms with E-state index in [0.29, 0.717) is 29.4 Å². The van der Waals surface area contributed by atoms with Gasteiger partial charge in [-0.3, -0.25) is 4.79 Å². The van der Waals surface area contributed by atoms with Crippen molar-refractivity contribution in [3.8, 4) is 11.5 Å². The van der Waals surface area contributed by atoms with Crippen LogP contribution in [0.3, 0.4) is 0 Å². The number of rotatable bonds is 7. The molecule has 0 aromatic heterocycles. The van der Waals surface area contributed by atoms with Crippen molar-refractivity contribution in [2.45, 2.75) is 13.5 Å². The molecule has 0 atom stereocenters. The van der Waals surface area contributed by atoms with Crippen LogP contribution in [0.15, 0.2) is 72.4 Å². The number of amides is 3. The van der Waals surface area contributed by atoms with Gasteiger partial charge >= 0.3 is 6.03 Å². The van der Waals surface area contributed by atoms with Gasteiger partial charge in [0.2, 0.25) is 0 Å². The number of ether oxygens (including phenoxy) is 2. The van der Waals surface area contributed by atoms with Gasteiger partial charge in [-0.25, -0.2) is 14.1 Å². The molecule has 1 N–H and O–H groups in total. The van der Waals surface area contributed by atoms with Gasteiger partial charge in [0.15, 0.2) is 11.5 Å². The Kier molecular flexibility index (Phi) is 6.60. The molecule has 3 aromatic rings. The molecule has 0 aliphatic carbocycles. The first-order chi connectivity index (χ1) is 16.0. The molecule has 1 fully saturated rings. The van der Waals surface area contributed by atoms with Crippen molar-refractivity contribution < 1.29 is 23.5 Å². The Hall–Kier alpha value is -3.84. The third kappa shape index (κ3) is 4.99. The minimum absolute atomic E-state index is 0.113. The molecule has 4 rings (SSSR count). The van der Waals surface area contributed by atoms with E-state index in [1.807, 2.05) is 6.92 Å². The van der Waals surface area contributed by atoms with Crippen molar-refractivity contribution in [1.82, 2.24) is 5.32 Å². The highest BCUT2D eigenvalue weighted by Crippen LogP contribution is 2.38. The van der Waals surface area contributed by atoms with E-state index in [2.05, 4.69) is 5.32 Å². The van der Waals surface area contributed by atoms with E-state index >= 15 is 0 Å². The summed E-state index contributed by atoms with van der Waals surface area (Å²) in [7, 11) is 0. The Labute approximate surface area is 195 Å². The van der Waals surface area contributed by atoms with Crippen LogP contribution in [0.25, 0.3) is 6.08 Å². The second-order valence-corrected chi connectivity index (χ2v) is 7.55. The summed E-state index contributed by atoms with van der Waals surface area (Å²) in [4.78, 5) is 26.3. The normalized spacial score (nSPS) is 14.5. The van der Waals surface area contributed by atoms with Crippen molar-refractivity contribution in [3.63, 3.8) is 0 Å². The van der Waals surface area contributed by atoms with Gasteiger partial charge in [0.05, 0.1) is 17.3 Å². The lowest BCUT2D eigenvalue weighted by Gasteiger charge is -2.15. The Morgan fingerprint density at radius 2 is 1.76 bits per heavy atom. The van der Waals surface area contributed by atoms with Gasteiger partial charge in [-0.15, -0.1) is 0 Å².